The Labute approximate surface area is 196 Å². The summed E-state index contributed by atoms with van der Waals surface area (Å²) >= 11 is 1.22. The minimum Gasteiger partial charge on any atom is -0.338 e. The molecule has 7 nitrogen and oxygen atoms in total. The van der Waals surface area contributed by atoms with E-state index in [-0.39, 0.29) is 22.6 Å². The van der Waals surface area contributed by atoms with E-state index in [1.807, 2.05) is 64.1 Å². The van der Waals surface area contributed by atoms with Crippen LogP contribution >= 0.6 is 11.8 Å². The number of anilines is 1. The number of para-hydroxylation sites is 1. The molecule has 4 aromatic rings. The number of hydrogen-bond acceptors (Lipinski definition) is 6. The number of rotatable bonds is 6. The minimum atomic E-state index is -0.263. The number of nitrogens with zero attached hydrogens (tertiary/aromatic N) is 3. The third-order valence-corrected chi connectivity index (χ3v) is 6.14. The summed E-state index contributed by atoms with van der Waals surface area (Å²) in [5.41, 5.74) is 3.19. The van der Waals surface area contributed by atoms with Gasteiger partial charge in [0.05, 0.1) is 28.9 Å². The van der Waals surface area contributed by atoms with Crippen molar-refractivity contribution in [3.8, 4) is 0 Å². The summed E-state index contributed by atoms with van der Waals surface area (Å²) in [7, 11) is 0. The van der Waals surface area contributed by atoms with Gasteiger partial charge in [-0.2, -0.15) is 0 Å². The van der Waals surface area contributed by atoms with Crippen LogP contribution in [0.4, 0.5) is 5.88 Å². The zero-order chi connectivity index (χ0) is 23.6. The van der Waals surface area contributed by atoms with Gasteiger partial charge in [-0.15, -0.1) is 0 Å². The zero-order valence-corrected chi connectivity index (χ0v) is 19.9. The summed E-state index contributed by atoms with van der Waals surface area (Å²) in [6.07, 6.45) is 0. The first-order chi connectivity index (χ1) is 15.7. The largest absolute Gasteiger partial charge is 0.338 e. The number of carbonyl (C=O) groups is 1. The van der Waals surface area contributed by atoms with E-state index in [9.17, 15) is 9.59 Å². The maximum Gasteiger partial charge on any atom is 0.262 e. The van der Waals surface area contributed by atoms with Crippen LogP contribution in [0.1, 0.15) is 37.6 Å². The average Bonchev–Trinajstić information content (AvgIpc) is 3.25. The number of aromatic nitrogens is 3. The second kappa shape index (κ2) is 9.23. The fraction of sp³-hybridized carbons (Fsp3) is 0.280. The van der Waals surface area contributed by atoms with Gasteiger partial charge < -0.3 is 4.52 Å². The minimum absolute atomic E-state index is 0.0736. The molecule has 4 rings (SSSR count). The van der Waals surface area contributed by atoms with E-state index in [1.165, 1.54) is 11.8 Å². The van der Waals surface area contributed by atoms with E-state index in [2.05, 4.69) is 15.5 Å². The molecule has 0 atom stereocenters. The number of amides is 1. The zero-order valence-electron chi connectivity index (χ0n) is 19.1. The van der Waals surface area contributed by atoms with Crippen molar-refractivity contribution in [1.29, 1.82) is 0 Å². The Bertz CT molecular complexity index is 1350. The van der Waals surface area contributed by atoms with Gasteiger partial charge in [0, 0.05) is 11.5 Å². The molecule has 0 saturated heterocycles. The highest BCUT2D eigenvalue weighted by molar-refractivity contribution is 7.99. The van der Waals surface area contributed by atoms with Crippen LogP contribution in [-0.2, 0) is 16.8 Å². The third kappa shape index (κ3) is 5.34. The number of aryl methyl sites for hydroxylation is 1. The van der Waals surface area contributed by atoms with Crippen molar-refractivity contribution < 1.29 is 9.32 Å². The van der Waals surface area contributed by atoms with E-state index in [0.29, 0.717) is 28.5 Å². The van der Waals surface area contributed by atoms with Crippen molar-refractivity contribution in [3.63, 3.8) is 0 Å². The molecule has 33 heavy (non-hydrogen) atoms. The van der Waals surface area contributed by atoms with Crippen LogP contribution in [-0.4, -0.2) is 26.4 Å². The van der Waals surface area contributed by atoms with Crippen LogP contribution in [0.2, 0.25) is 0 Å². The Balaban J connectivity index is 1.57. The lowest BCUT2D eigenvalue weighted by Gasteiger charge is -2.13. The van der Waals surface area contributed by atoms with Gasteiger partial charge >= 0.3 is 0 Å². The van der Waals surface area contributed by atoms with Crippen LogP contribution < -0.4 is 10.9 Å². The molecule has 0 radical (unpaired) electrons. The molecule has 8 heteroatoms. The lowest BCUT2D eigenvalue weighted by molar-refractivity contribution is -0.113. The fourth-order valence-corrected chi connectivity index (χ4v) is 4.06. The molecule has 2 aromatic heterocycles. The predicted molar refractivity (Wildman–Crippen MR) is 131 cm³/mol. The van der Waals surface area contributed by atoms with Crippen LogP contribution in [0.3, 0.4) is 0 Å². The molecule has 1 amide bonds. The van der Waals surface area contributed by atoms with Gasteiger partial charge in [-0.25, -0.2) is 4.98 Å². The second-order valence-electron chi connectivity index (χ2n) is 8.95. The molecule has 0 aliphatic heterocycles. The topological polar surface area (TPSA) is 90.0 Å². The normalized spacial score (nSPS) is 11.6. The Morgan fingerprint density at radius 2 is 1.85 bits per heavy atom. The van der Waals surface area contributed by atoms with E-state index in [1.54, 1.807) is 22.8 Å². The molecule has 170 valence electrons. The van der Waals surface area contributed by atoms with E-state index >= 15 is 0 Å². The summed E-state index contributed by atoms with van der Waals surface area (Å²) in [4.78, 5) is 30.5. The highest BCUT2D eigenvalue weighted by atomic mass is 32.2. The number of benzene rings is 2. The first-order valence-corrected chi connectivity index (χ1v) is 11.6. The lowest BCUT2D eigenvalue weighted by atomic mass is 9.92. The van der Waals surface area contributed by atoms with E-state index in [4.69, 9.17) is 4.52 Å². The lowest BCUT2D eigenvalue weighted by Crippen LogP contribution is -2.24. The van der Waals surface area contributed by atoms with Crippen LogP contribution in [0.25, 0.3) is 10.9 Å². The van der Waals surface area contributed by atoms with Crippen molar-refractivity contribution in [2.24, 2.45) is 0 Å². The molecule has 0 unspecified atom stereocenters. The fourth-order valence-electron chi connectivity index (χ4n) is 3.26. The molecule has 2 heterocycles. The monoisotopic (exact) mass is 462 g/mol. The van der Waals surface area contributed by atoms with Crippen LogP contribution in [0.15, 0.2) is 69.1 Å². The number of nitrogens with one attached hydrogen (secondary N) is 1. The van der Waals surface area contributed by atoms with Gasteiger partial charge in [-0.05, 0) is 24.6 Å². The Kier molecular flexibility index (Phi) is 6.37. The molecule has 0 bridgehead atoms. The smallest absolute Gasteiger partial charge is 0.262 e. The average molecular weight is 463 g/mol. The molecule has 0 fully saturated rings. The SMILES string of the molecule is Cc1ccc(Cn2c(SCC(=O)Nc3cc(C(C)(C)C)no3)nc3ccccc3c2=O)cc1. The van der Waals surface area contributed by atoms with Crippen molar-refractivity contribution in [1.82, 2.24) is 14.7 Å². The summed E-state index contributed by atoms with van der Waals surface area (Å²) in [6, 6.07) is 17.0. The van der Waals surface area contributed by atoms with Crippen molar-refractivity contribution in [2.45, 2.75) is 44.8 Å². The summed E-state index contributed by atoms with van der Waals surface area (Å²) in [6.45, 7) is 8.45. The molecule has 2 aromatic carbocycles. The molecule has 0 spiro atoms. The number of hydrogen-bond donors (Lipinski definition) is 1. The van der Waals surface area contributed by atoms with Gasteiger partial charge in [0.15, 0.2) is 5.16 Å². The summed E-state index contributed by atoms with van der Waals surface area (Å²) < 4.78 is 6.86. The predicted octanol–water partition coefficient (Wildman–Crippen LogP) is 4.77. The maximum atomic E-state index is 13.2. The molecular formula is C25H26N4O3S. The van der Waals surface area contributed by atoms with Crippen molar-refractivity contribution >= 4 is 34.5 Å². The quantitative estimate of drug-likeness (QED) is 0.328. The number of thioether (sulfide) groups is 1. The first kappa shape index (κ1) is 22.8. The Morgan fingerprint density at radius 1 is 1.12 bits per heavy atom. The van der Waals surface area contributed by atoms with Gasteiger partial charge in [0.2, 0.25) is 11.8 Å². The number of fused-ring (bicyclic) bond motifs is 1. The summed E-state index contributed by atoms with van der Waals surface area (Å²) in [5, 5.41) is 7.78. The van der Waals surface area contributed by atoms with E-state index in [0.717, 1.165) is 16.8 Å². The van der Waals surface area contributed by atoms with Gasteiger partial charge in [0.1, 0.15) is 0 Å². The Morgan fingerprint density at radius 3 is 2.55 bits per heavy atom. The molecule has 0 aliphatic carbocycles. The molecule has 0 saturated carbocycles. The second-order valence-corrected chi connectivity index (χ2v) is 9.89. The van der Waals surface area contributed by atoms with Crippen LogP contribution in [0, 0.1) is 6.92 Å². The van der Waals surface area contributed by atoms with E-state index < -0.39 is 0 Å². The molecule has 0 aliphatic rings. The van der Waals surface area contributed by atoms with Gasteiger partial charge in [-0.1, -0.05) is 79.7 Å². The third-order valence-electron chi connectivity index (χ3n) is 5.16. The Hall–Kier alpha value is -3.39. The summed E-state index contributed by atoms with van der Waals surface area (Å²) in [5.74, 6) is 0.111. The van der Waals surface area contributed by atoms with Crippen LogP contribution in [0.5, 0.6) is 0 Å². The van der Waals surface area contributed by atoms with Gasteiger partial charge in [-0.3, -0.25) is 19.5 Å². The maximum absolute atomic E-state index is 13.2. The van der Waals surface area contributed by atoms with Crippen molar-refractivity contribution in [2.75, 3.05) is 11.1 Å². The standard InChI is InChI=1S/C25H26N4O3S/c1-16-9-11-17(12-10-16)14-29-23(31)18-7-5-6-8-19(18)26-24(29)33-15-21(30)27-22-13-20(28-32-22)25(2,3)4/h5-13H,14-15H2,1-4H3,(H,27,30). The van der Waals surface area contributed by atoms with Gasteiger partial charge in [0.25, 0.3) is 5.56 Å². The van der Waals surface area contributed by atoms with Crippen molar-refractivity contribution in [3.05, 3.63) is 81.8 Å². The number of carbonyl (C=O) groups excluding carboxylic acids is 1. The molecule has 1 N–H and O–H groups in total. The highest BCUT2D eigenvalue weighted by Crippen LogP contribution is 2.24. The molecular weight excluding hydrogens is 436 g/mol. The first-order valence-electron chi connectivity index (χ1n) is 10.7. The highest BCUT2D eigenvalue weighted by Gasteiger charge is 2.20.